The molecule has 0 aliphatic rings. The number of nitrogens with zero attached hydrogens (tertiary/aromatic N) is 2. The highest BCUT2D eigenvalue weighted by molar-refractivity contribution is 5.92. The van der Waals surface area contributed by atoms with Gasteiger partial charge in [-0.3, -0.25) is 0 Å². The number of nitrogens with two attached hydrogens (primary N) is 1. The minimum atomic E-state index is 0.645. The maximum atomic E-state index is 6.09. The third kappa shape index (κ3) is 2.42. The van der Waals surface area contributed by atoms with Gasteiger partial charge in [0.2, 0.25) is 0 Å². The van der Waals surface area contributed by atoms with E-state index in [-0.39, 0.29) is 0 Å². The summed E-state index contributed by atoms with van der Waals surface area (Å²) >= 11 is 0. The first-order valence-electron chi connectivity index (χ1n) is 7.50. The van der Waals surface area contributed by atoms with Crippen LogP contribution in [0, 0.1) is 0 Å². The summed E-state index contributed by atoms with van der Waals surface area (Å²) in [5.74, 6) is 0. The SMILES string of the molecule is Nc1cccc2nc(-c3ccccc3)c(-c3ccccc3)nc12. The van der Waals surface area contributed by atoms with E-state index >= 15 is 0 Å². The summed E-state index contributed by atoms with van der Waals surface area (Å²) in [5, 5.41) is 0. The number of rotatable bonds is 2. The van der Waals surface area contributed by atoms with E-state index in [0.29, 0.717) is 5.69 Å². The zero-order chi connectivity index (χ0) is 15.6. The summed E-state index contributed by atoms with van der Waals surface area (Å²) in [7, 11) is 0. The molecule has 23 heavy (non-hydrogen) atoms. The monoisotopic (exact) mass is 297 g/mol. The van der Waals surface area contributed by atoms with Crippen molar-refractivity contribution < 1.29 is 0 Å². The zero-order valence-electron chi connectivity index (χ0n) is 12.5. The first-order chi connectivity index (χ1) is 11.3. The van der Waals surface area contributed by atoms with E-state index in [2.05, 4.69) is 12.1 Å². The van der Waals surface area contributed by atoms with Gasteiger partial charge in [0, 0.05) is 11.1 Å². The number of aromatic nitrogens is 2. The van der Waals surface area contributed by atoms with Crippen molar-refractivity contribution in [3.05, 3.63) is 78.9 Å². The van der Waals surface area contributed by atoms with E-state index in [4.69, 9.17) is 15.7 Å². The molecule has 0 aliphatic carbocycles. The first-order valence-corrected chi connectivity index (χ1v) is 7.50. The Labute approximate surface area is 134 Å². The number of fused-ring (bicyclic) bond motifs is 1. The third-order valence-electron chi connectivity index (χ3n) is 3.82. The van der Waals surface area contributed by atoms with Gasteiger partial charge in [-0.25, -0.2) is 9.97 Å². The van der Waals surface area contributed by atoms with Gasteiger partial charge in [0.15, 0.2) is 0 Å². The lowest BCUT2D eigenvalue weighted by Crippen LogP contribution is -1.98. The highest BCUT2D eigenvalue weighted by Crippen LogP contribution is 2.31. The van der Waals surface area contributed by atoms with E-state index in [1.807, 2.05) is 66.7 Å². The topological polar surface area (TPSA) is 51.8 Å². The van der Waals surface area contributed by atoms with Crippen molar-refractivity contribution in [2.45, 2.75) is 0 Å². The molecule has 0 aliphatic heterocycles. The van der Waals surface area contributed by atoms with Crippen LogP contribution in [0.3, 0.4) is 0 Å². The summed E-state index contributed by atoms with van der Waals surface area (Å²) in [6.07, 6.45) is 0. The summed E-state index contributed by atoms with van der Waals surface area (Å²) < 4.78 is 0. The fourth-order valence-electron chi connectivity index (χ4n) is 2.69. The molecule has 0 amide bonds. The summed E-state index contributed by atoms with van der Waals surface area (Å²) in [6.45, 7) is 0. The van der Waals surface area contributed by atoms with Gasteiger partial charge in [0.1, 0.15) is 5.52 Å². The molecule has 0 saturated heterocycles. The van der Waals surface area contributed by atoms with Gasteiger partial charge in [-0.2, -0.15) is 0 Å². The lowest BCUT2D eigenvalue weighted by molar-refractivity contribution is 1.29. The normalized spacial score (nSPS) is 10.8. The van der Waals surface area contributed by atoms with Crippen molar-refractivity contribution in [3.63, 3.8) is 0 Å². The Bertz CT molecular complexity index is 964. The minimum absolute atomic E-state index is 0.645. The molecule has 0 spiro atoms. The Balaban J connectivity index is 2.07. The van der Waals surface area contributed by atoms with Crippen molar-refractivity contribution in [3.8, 4) is 22.5 Å². The number of hydrogen-bond acceptors (Lipinski definition) is 3. The molecule has 3 heteroatoms. The van der Waals surface area contributed by atoms with E-state index in [1.54, 1.807) is 0 Å². The molecule has 4 aromatic rings. The van der Waals surface area contributed by atoms with Crippen LogP contribution in [-0.4, -0.2) is 9.97 Å². The molecule has 4 rings (SSSR count). The van der Waals surface area contributed by atoms with E-state index in [1.165, 1.54) is 0 Å². The fraction of sp³-hybridized carbons (Fsp3) is 0. The van der Waals surface area contributed by atoms with Gasteiger partial charge >= 0.3 is 0 Å². The molecule has 0 saturated carbocycles. The maximum absolute atomic E-state index is 6.09. The first kappa shape index (κ1) is 13.5. The number of anilines is 1. The van der Waals surface area contributed by atoms with Crippen molar-refractivity contribution in [2.24, 2.45) is 0 Å². The van der Waals surface area contributed by atoms with Gasteiger partial charge < -0.3 is 5.73 Å². The van der Waals surface area contributed by atoms with E-state index in [9.17, 15) is 0 Å². The van der Waals surface area contributed by atoms with Crippen LogP contribution in [0.25, 0.3) is 33.5 Å². The van der Waals surface area contributed by atoms with Crippen molar-refractivity contribution in [2.75, 3.05) is 5.73 Å². The Morgan fingerprint density at radius 2 is 1.13 bits per heavy atom. The lowest BCUT2D eigenvalue weighted by Gasteiger charge is -2.11. The van der Waals surface area contributed by atoms with Gasteiger partial charge in [0.05, 0.1) is 22.6 Å². The van der Waals surface area contributed by atoms with Gasteiger partial charge in [-0.15, -0.1) is 0 Å². The molecule has 3 nitrogen and oxygen atoms in total. The Morgan fingerprint density at radius 1 is 0.565 bits per heavy atom. The van der Waals surface area contributed by atoms with Crippen molar-refractivity contribution in [1.82, 2.24) is 9.97 Å². The lowest BCUT2D eigenvalue weighted by atomic mass is 10.0. The largest absolute Gasteiger partial charge is 0.397 e. The second-order valence-electron chi connectivity index (χ2n) is 5.37. The smallest absolute Gasteiger partial charge is 0.112 e. The van der Waals surface area contributed by atoms with Crippen LogP contribution in [0.1, 0.15) is 0 Å². The third-order valence-corrected chi connectivity index (χ3v) is 3.82. The molecule has 110 valence electrons. The molecule has 3 aromatic carbocycles. The van der Waals surface area contributed by atoms with Crippen molar-refractivity contribution in [1.29, 1.82) is 0 Å². The van der Waals surface area contributed by atoms with Crippen LogP contribution in [-0.2, 0) is 0 Å². The van der Waals surface area contributed by atoms with Crippen LogP contribution in [0.5, 0.6) is 0 Å². The van der Waals surface area contributed by atoms with E-state index in [0.717, 1.165) is 33.5 Å². The Kier molecular flexibility index (Phi) is 3.24. The zero-order valence-corrected chi connectivity index (χ0v) is 12.5. The average molecular weight is 297 g/mol. The number of para-hydroxylation sites is 1. The highest BCUT2D eigenvalue weighted by Gasteiger charge is 2.13. The molecule has 0 radical (unpaired) electrons. The predicted molar refractivity (Wildman–Crippen MR) is 94.8 cm³/mol. The Morgan fingerprint density at radius 3 is 1.74 bits per heavy atom. The molecular weight excluding hydrogens is 282 g/mol. The predicted octanol–water partition coefficient (Wildman–Crippen LogP) is 4.55. The second kappa shape index (κ2) is 5.54. The number of nitrogen functional groups attached to an aromatic ring is 1. The Hall–Kier alpha value is -3.20. The highest BCUT2D eigenvalue weighted by atomic mass is 14.8. The quantitative estimate of drug-likeness (QED) is 0.552. The molecule has 2 N–H and O–H groups in total. The summed E-state index contributed by atoms with van der Waals surface area (Å²) in [6, 6.07) is 25.9. The molecule has 0 unspecified atom stereocenters. The molecular formula is C20H15N3. The van der Waals surface area contributed by atoms with Crippen LogP contribution < -0.4 is 5.73 Å². The van der Waals surface area contributed by atoms with Crippen LogP contribution >= 0.6 is 0 Å². The average Bonchev–Trinajstić information content (AvgIpc) is 2.63. The fourth-order valence-corrected chi connectivity index (χ4v) is 2.69. The van der Waals surface area contributed by atoms with Crippen LogP contribution in [0.2, 0.25) is 0 Å². The molecule has 1 heterocycles. The molecule has 1 aromatic heterocycles. The van der Waals surface area contributed by atoms with Crippen molar-refractivity contribution >= 4 is 16.7 Å². The standard InChI is InChI=1S/C20H15N3/c21-16-12-7-13-17-20(16)23-19(15-10-5-2-6-11-15)18(22-17)14-8-3-1-4-9-14/h1-13H,21H2. The van der Waals surface area contributed by atoms with E-state index < -0.39 is 0 Å². The van der Waals surface area contributed by atoms with Crippen LogP contribution in [0.4, 0.5) is 5.69 Å². The summed E-state index contributed by atoms with van der Waals surface area (Å²) in [4.78, 5) is 9.67. The molecule has 0 fully saturated rings. The molecule has 0 bridgehead atoms. The minimum Gasteiger partial charge on any atom is -0.397 e. The van der Waals surface area contributed by atoms with Gasteiger partial charge in [0.25, 0.3) is 0 Å². The number of hydrogen-bond donors (Lipinski definition) is 1. The summed E-state index contributed by atoms with van der Waals surface area (Å²) in [5.41, 5.74) is 12.1. The molecule has 0 atom stereocenters. The number of benzene rings is 3. The van der Waals surface area contributed by atoms with Gasteiger partial charge in [-0.05, 0) is 12.1 Å². The van der Waals surface area contributed by atoms with Gasteiger partial charge in [-0.1, -0.05) is 66.7 Å². The maximum Gasteiger partial charge on any atom is 0.112 e. The van der Waals surface area contributed by atoms with Crippen LogP contribution in [0.15, 0.2) is 78.9 Å². The second-order valence-corrected chi connectivity index (χ2v) is 5.37.